The molecule has 0 saturated heterocycles. The maximum Gasteiger partial charge on any atom is 0.137 e. The van der Waals surface area contributed by atoms with Crippen LogP contribution in [0.2, 0.25) is 5.02 Å². The van der Waals surface area contributed by atoms with E-state index in [1.165, 1.54) is 24.8 Å². The molecular formula is C19H30ClN3. The van der Waals surface area contributed by atoms with Crippen LogP contribution in [0.25, 0.3) is 0 Å². The Labute approximate surface area is 146 Å². The van der Waals surface area contributed by atoms with Crippen molar-refractivity contribution in [3.8, 4) is 0 Å². The molecule has 1 aromatic heterocycles. The predicted octanol–water partition coefficient (Wildman–Crippen LogP) is 5.78. The highest BCUT2D eigenvalue weighted by Gasteiger charge is 2.34. The number of aromatic nitrogens is 3. The van der Waals surface area contributed by atoms with Gasteiger partial charge >= 0.3 is 0 Å². The van der Waals surface area contributed by atoms with Crippen LogP contribution in [0.5, 0.6) is 0 Å². The summed E-state index contributed by atoms with van der Waals surface area (Å²) in [5.41, 5.74) is 1.74. The molecule has 1 fully saturated rings. The van der Waals surface area contributed by atoms with E-state index in [-0.39, 0.29) is 0 Å². The molecule has 0 spiro atoms. The topological polar surface area (TPSA) is 30.7 Å². The molecule has 0 amide bonds. The van der Waals surface area contributed by atoms with Crippen LogP contribution in [0.1, 0.15) is 52.5 Å². The van der Waals surface area contributed by atoms with Crippen molar-refractivity contribution in [2.24, 2.45) is 11.3 Å². The molecule has 4 heteroatoms. The van der Waals surface area contributed by atoms with Gasteiger partial charge in [-0.15, -0.1) is 0 Å². The van der Waals surface area contributed by atoms with Crippen molar-refractivity contribution in [1.82, 2.24) is 14.8 Å². The third kappa shape index (κ3) is 6.74. The Hall–Kier alpha value is -1.35. The van der Waals surface area contributed by atoms with Crippen molar-refractivity contribution in [3.63, 3.8) is 0 Å². The second-order valence-corrected chi connectivity index (χ2v) is 6.93. The zero-order chi connectivity index (χ0) is 17.3. The minimum Gasteiger partial charge on any atom is -0.253 e. The lowest BCUT2D eigenvalue weighted by Gasteiger charge is -2.26. The largest absolute Gasteiger partial charge is 0.253 e. The smallest absolute Gasteiger partial charge is 0.137 e. The van der Waals surface area contributed by atoms with Gasteiger partial charge in [-0.1, -0.05) is 63.4 Å². The van der Waals surface area contributed by atoms with Crippen molar-refractivity contribution in [2.75, 3.05) is 0 Å². The average molecular weight is 336 g/mol. The molecule has 1 atom stereocenters. The van der Waals surface area contributed by atoms with Gasteiger partial charge in [0, 0.05) is 11.6 Å². The number of hydrogen-bond donors (Lipinski definition) is 0. The molecule has 0 N–H and O–H groups in total. The lowest BCUT2D eigenvalue weighted by molar-refractivity contribution is 0.225. The molecule has 1 heterocycles. The van der Waals surface area contributed by atoms with E-state index < -0.39 is 0 Å². The quantitative estimate of drug-likeness (QED) is 0.696. The van der Waals surface area contributed by atoms with E-state index in [9.17, 15) is 0 Å². The summed E-state index contributed by atoms with van der Waals surface area (Å²) in [5.74, 6) is 0.772. The van der Waals surface area contributed by atoms with Crippen molar-refractivity contribution in [3.05, 3.63) is 47.5 Å². The highest BCUT2D eigenvalue weighted by Crippen LogP contribution is 2.43. The van der Waals surface area contributed by atoms with Crippen LogP contribution < -0.4 is 0 Å². The summed E-state index contributed by atoms with van der Waals surface area (Å²) in [4.78, 5) is 3.96. The zero-order valence-corrected chi connectivity index (χ0v) is 15.8. The summed E-state index contributed by atoms with van der Waals surface area (Å²) in [7, 11) is 0. The van der Waals surface area contributed by atoms with Crippen molar-refractivity contribution < 1.29 is 0 Å². The first-order valence-electron chi connectivity index (χ1n) is 8.52. The first kappa shape index (κ1) is 19.7. The number of halogens is 1. The number of aryl methyl sites for hydroxylation is 1. The Morgan fingerprint density at radius 3 is 2.30 bits per heavy atom. The fraction of sp³-hybridized carbons (Fsp3) is 0.579. The van der Waals surface area contributed by atoms with Gasteiger partial charge in [-0.25, -0.2) is 4.98 Å². The monoisotopic (exact) mass is 335 g/mol. The van der Waals surface area contributed by atoms with E-state index in [1.807, 2.05) is 56.0 Å². The van der Waals surface area contributed by atoms with E-state index >= 15 is 0 Å². The van der Waals surface area contributed by atoms with E-state index in [2.05, 4.69) is 23.9 Å². The predicted molar refractivity (Wildman–Crippen MR) is 98.7 cm³/mol. The number of hydrogen-bond acceptors (Lipinski definition) is 2. The van der Waals surface area contributed by atoms with E-state index in [0.717, 1.165) is 17.5 Å². The lowest BCUT2D eigenvalue weighted by atomic mass is 9.82. The Morgan fingerprint density at radius 2 is 1.87 bits per heavy atom. The average Bonchev–Trinajstić information content (AvgIpc) is 3.16. The van der Waals surface area contributed by atoms with Gasteiger partial charge in [-0.3, -0.25) is 4.68 Å². The van der Waals surface area contributed by atoms with Gasteiger partial charge < -0.3 is 0 Å². The maximum atomic E-state index is 5.61. The highest BCUT2D eigenvalue weighted by molar-refractivity contribution is 6.30. The number of nitrogens with zero attached hydrogens (tertiary/aromatic N) is 3. The normalized spacial score (nSPS) is 18.4. The SMILES string of the molecule is CC.CC1(C)CCC[C@@H]1Cn1cncn1.Cc1ccc(Cl)cc1. The van der Waals surface area contributed by atoms with Crippen LogP contribution in [0.4, 0.5) is 0 Å². The summed E-state index contributed by atoms with van der Waals surface area (Å²) in [5, 5.41) is 4.95. The number of benzene rings is 1. The zero-order valence-electron chi connectivity index (χ0n) is 15.1. The molecule has 0 aliphatic heterocycles. The van der Waals surface area contributed by atoms with Gasteiger partial charge in [0.15, 0.2) is 0 Å². The molecular weight excluding hydrogens is 306 g/mol. The number of rotatable bonds is 2. The van der Waals surface area contributed by atoms with Crippen LogP contribution in [-0.4, -0.2) is 14.8 Å². The molecule has 0 unspecified atom stereocenters. The van der Waals surface area contributed by atoms with Gasteiger partial charge in [-0.05, 0) is 43.2 Å². The van der Waals surface area contributed by atoms with Gasteiger partial charge in [0.2, 0.25) is 0 Å². The van der Waals surface area contributed by atoms with Crippen LogP contribution in [0, 0.1) is 18.3 Å². The maximum absolute atomic E-state index is 5.61. The van der Waals surface area contributed by atoms with Gasteiger partial charge in [-0.2, -0.15) is 5.10 Å². The highest BCUT2D eigenvalue weighted by atomic mass is 35.5. The molecule has 1 saturated carbocycles. The molecule has 128 valence electrons. The molecule has 2 aromatic rings. The second kappa shape index (κ2) is 9.71. The summed E-state index contributed by atoms with van der Waals surface area (Å²) in [6.07, 6.45) is 7.49. The van der Waals surface area contributed by atoms with Crippen LogP contribution in [0.15, 0.2) is 36.9 Å². The van der Waals surface area contributed by atoms with Crippen LogP contribution in [0.3, 0.4) is 0 Å². The van der Waals surface area contributed by atoms with Crippen molar-refractivity contribution in [2.45, 2.75) is 60.4 Å². The van der Waals surface area contributed by atoms with E-state index in [0.29, 0.717) is 5.41 Å². The van der Waals surface area contributed by atoms with E-state index in [4.69, 9.17) is 11.6 Å². The molecule has 0 bridgehead atoms. The second-order valence-electron chi connectivity index (χ2n) is 6.49. The summed E-state index contributed by atoms with van der Waals surface area (Å²) in [6, 6.07) is 7.75. The standard InChI is InChI=1S/C10H17N3.C7H7Cl.C2H6/c1-10(2)5-3-4-9(10)6-13-8-11-7-12-13;1-6-2-4-7(8)5-3-6;1-2/h7-9H,3-6H2,1-2H3;2-5H,1H3;1-2H3/t9-;;/m1../s1. The Morgan fingerprint density at radius 1 is 1.22 bits per heavy atom. The Kier molecular flexibility index (Phi) is 8.32. The fourth-order valence-electron chi connectivity index (χ4n) is 2.82. The van der Waals surface area contributed by atoms with Crippen molar-refractivity contribution >= 4 is 11.6 Å². The van der Waals surface area contributed by atoms with Crippen molar-refractivity contribution in [1.29, 1.82) is 0 Å². The fourth-order valence-corrected chi connectivity index (χ4v) is 2.95. The molecule has 1 aliphatic rings. The third-order valence-electron chi connectivity index (χ3n) is 4.36. The Balaban J connectivity index is 0.000000228. The van der Waals surface area contributed by atoms with E-state index in [1.54, 1.807) is 6.33 Å². The summed E-state index contributed by atoms with van der Waals surface area (Å²) < 4.78 is 1.96. The molecule has 3 nitrogen and oxygen atoms in total. The van der Waals surface area contributed by atoms with Gasteiger partial charge in [0.1, 0.15) is 12.7 Å². The first-order chi connectivity index (χ1) is 11.0. The minimum atomic E-state index is 0.492. The lowest BCUT2D eigenvalue weighted by Crippen LogP contribution is -2.22. The summed E-state index contributed by atoms with van der Waals surface area (Å²) in [6.45, 7) is 11.8. The molecule has 1 aromatic carbocycles. The minimum absolute atomic E-state index is 0.492. The van der Waals surface area contributed by atoms with Gasteiger partial charge in [0.05, 0.1) is 0 Å². The Bertz CT molecular complexity index is 511. The third-order valence-corrected chi connectivity index (χ3v) is 4.62. The molecule has 0 radical (unpaired) electrons. The molecule has 23 heavy (non-hydrogen) atoms. The van der Waals surface area contributed by atoms with Crippen LogP contribution in [-0.2, 0) is 6.54 Å². The van der Waals surface area contributed by atoms with Crippen LogP contribution >= 0.6 is 11.6 Å². The summed E-state index contributed by atoms with van der Waals surface area (Å²) >= 11 is 5.61. The molecule has 3 rings (SSSR count). The first-order valence-corrected chi connectivity index (χ1v) is 8.90. The molecule has 1 aliphatic carbocycles. The van der Waals surface area contributed by atoms with Gasteiger partial charge in [0.25, 0.3) is 0 Å².